The van der Waals surface area contributed by atoms with Gasteiger partial charge in [-0.2, -0.15) is 0 Å². The Morgan fingerprint density at radius 1 is 0.471 bits per heavy atom. The van der Waals surface area contributed by atoms with Crippen LogP contribution in [0.5, 0.6) is 11.8 Å². The van der Waals surface area contributed by atoms with Gasteiger partial charge in [-0.1, -0.05) is 90.9 Å². The van der Waals surface area contributed by atoms with Gasteiger partial charge >= 0.3 is 0 Å². The van der Waals surface area contributed by atoms with Gasteiger partial charge in [0.25, 0.3) is 0 Å². The summed E-state index contributed by atoms with van der Waals surface area (Å²) in [4.78, 5) is 9.44. The molecule has 3 rings (SSSR count). The molecule has 2 heterocycles. The minimum atomic E-state index is 0.707. The summed E-state index contributed by atoms with van der Waals surface area (Å²) in [7, 11) is 0. The summed E-state index contributed by atoms with van der Waals surface area (Å²) in [6.45, 7) is 5.99. The molecule has 1 aromatic carbocycles. The van der Waals surface area contributed by atoms with Crippen LogP contribution in [0.4, 0.5) is 0 Å². The monoisotopic (exact) mass is 464 g/mol. The maximum Gasteiger partial charge on any atom is 0.213 e. The normalized spacial score (nSPS) is 11.4. The average molecular weight is 465 g/mol. The molecule has 0 spiro atoms. The molecule has 0 bridgehead atoms. The lowest BCUT2D eigenvalue weighted by Gasteiger charge is -2.09. The van der Waals surface area contributed by atoms with Crippen LogP contribution in [0.3, 0.4) is 0 Å². The number of pyridine rings is 2. The summed E-state index contributed by atoms with van der Waals surface area (Å²) in [6, 6.07) is 12.2. The number of nitrogens with zero attached hydrogens (tertiary/aromatic N) is 2. The van der Waals surface area contributed by atoms with E-state index in [0.717, 1.165) is 47.9 Å². The summed E-state index contributed by atoms with van der Waals surface area (Å²) >= 11 is 0. The Morgan fingerprint density at radius 2 is 0.853 bits per heavy atom. The first-order chi connectivity index (χ1) is 16.8. The van der Waals surface area contributed by atoms with Gasteiger partial charge < -0.3 is 9.47 Å². The lowest BCUT2D eigenvalue weighted by molar-refractivity contribution is 0.294. The van der Waals surface area contributed by atoms with E-state index in [-0.39, 0.29) is 0 Å². The molecule has 3 aromatic rings. The molecule has 0 atom stereocenters. The van der Waals surface area contributed by atoms with Crippen LogP contribution in [0.2, 0.25) is 0 Å². The minimum absolute atomic E-state index is 0.707. The van der Waals surface area contributed by atoms with Gasteiger partial charge in [-0.3, -0.25) is 0 Å². The summed E-state index contributed by atoms with van der Waals surface area (Å²) in [5.41, 5.74) is 1.89. The number of hydrogen-bond acceptors (Lipinski definition) is 4. The number of ether oxygens (including phenoxy) is 2. The van der Waals surface area contributed by atoms with Crippen LogP contribution in [-0.2, 0) is 0 Å². The van der Waals surface area contributed by atoms with E-state index in [9.17, 15) is 0 Å². The van der Waals surface area contributed by atoms with Crippen molar-refractivity contribution < 1.29 is 9.47 Å². The van der Waals surface area contributed by atoms with Crippen LogP contribution in [0, 0.1) is 0 Å². The van der Waals surface area contributed by atoms with E-state index in [4.69, 9.17) is 19.4 Å². The van der Waals surface area contributed by atoms with Crippen molar-refractivity contribution in [2.24, 2.45) is 0 Å². The van der Waals surface area contributed by atoms with Gasteiger partial charge in [-0.25, -0.2) is 9.97 Å². The Kier molecular flexibility index (Phi) is 12.0. The Morgan fingerprint density at radius 3 is 1.26 bits per heavy atom. The number of benzene rings is 1. The Labute approximate surface area is 206 Å². The number of fused-ring (bicyclic) bond motifs is 3. The van der Waals surface area contributed by atoms with E-state index >= 15 is 0 Å². The van der Waals surface area contributed by atoms with Crippen molar-refractivity contribution in [2.45, 2.75) is 104 Å². The first-order valence-corrected chi connectivity index (χ1v) is 13.8. The molecule has 34 heavy (non-hydrogen) atoms. The Hall–Kier alpha value is -2.36. The molecule has 0 unspecified atom stereocenters. The zero-order chi connectivity index (χ0) is 23.8. The summed E-state index contributed by atoms with van der Waals surface area (Å²) in [6.07, 6.45) is 18.0. The quantitative estimate of drug-likeness (QED) is 0.139. The molecule has 0 amide bonds. The second-order valence-electron chi connectivity index (χ2n) is 9.44. The third kappa shape index (κ3) is 8.77. The highest BCUT2D eigenvalue weighted by Gasteiger charge is 2.07. The van der Waals surface area contributed by atoms with E-state index in [1.165, 1.54) is 77.0 Å². The zero-order valence-electron chi connectivity index (χ0n) is 21.5. The van der Waals surface area contributed by atoms with Crippen molar-refractivity contribution in [1.82, 2.24) is 9.97 Å². The van der Waals surface area contributed by atoms with Gasteiger partial charge in [-0.05, 0) is 37.1 Å². The summed E-state index contributed by atoms with van der Waals surface area (Å²) in [5, 5.41) is 2.21. The Balaban J connectivity index is 1.45. The fraction of sp³-hybridized carbons (Fsp3) is 0.600. The van der Waals surface area contributed by atoms with Gasteiger partial charge in [0.15, 0.2) is 0 Å². The van der Waals surface area contributed by atoms with Crippen LogP contribution < -0.4 is 9.47 Å². The van der Waals surface area contributed by atoms with Gasteiger partial charge in [-0.15, -0.1) is 0 Å². The topological polar surface area (TPSA) is 44.2 Å². The molecule has 186 valence electrons. The lowest BCUT2D eigenvalue weighted by atomic mass is 10.1. The van der Waals surface area contributed by atoms with Crippen LogP contribution in [0.15, 0.2) is 36.4 Å². The number of rotatable bonds is 18. The van der Waals surface area contributed by atoms with Crippen molar-refractivity contribution in [3.8, 4) is 11.8 Å². The number of hydrogen-bond donors (Lipinski definition) is 0. The summed E-state index contributed by atoms with van der Waals surface area (Å²) < 4.78 is 11.8. The molecule has 0 aliphatic rings. The van der Waals surface area contributed by atoms with Crippen molar-refractivity contribution in [2.75, 3.05) is 13.2 Å². The van der Waals surface area contributed by atoms with Crippen molar-refractivity contribution in [1.29, 1.82) is 0 Å². The smallest absolute Gasteiger partial charge is 0.213 e. The van der Waals surface area contributed by atoms with Crippen LogP contribution in [0.25, 0.3) is 21.8 Å². The van der Waals surface area contributed by atoms with Crippen molar-refractivity contribution in [3.63, 3.8) is 0 Å². The van der Waals surface area contributed by atoms with Crippen LogP contribution in [-0.4, -0.2) is 23.2 Å². The van der Waals surface area contributed by atoms with Crippen molar-refractivity contribution in [3.05, 3.63) is 36.4 Å². The maximum absolute atomic E-state index is 5.93. The fourth-order valence-electron chi connectivity index (χ4n) is 4.41. The first kappa shape index (κ1) is 26.2. The predicted molar refractivity (Wildman–Crippen MR) is 144 cm³/mol. The zero-order valence-corrected chi connectivity index (χ0v) is 21.5. The molecule has 4 heteroatoms. The van der Waals surface area contributed by atoms with Gasteiger partial charge in [0.05, 0.1) is 24.2 Å². The molecule has 2 aromatic heterocycles. The molecule has 0 fully saturated rings. The molecule has 0 radical (unpaired) electrons. The second kappa shape index (κ2) is 15.5. The molecule has 0 saturated carbocycles. The molecular formula is C30H44N2O2. The van der Waals surface area contributed by atoms with E-state index < -0.39 is 0 Å². The highest BCUT2D eigenvalue weighted by molar-refractivity contribution is 6.04. The standard InChI is InChI=1S/C30H44N2O2/c1-3-5-7-9-11-12-14-16-24-34-30-22-18-26-25-17-21-29(31-27(25)19-20-28(26)32-30)33-23-15-13-10-8-6-4-2/h17-22H,3-16,23-24H2,1-2H3. The highest BCUT2D eigenvalue weighted by Crippen LogP contribution is 2.27. The van der Waals surface area contributed by atoms with E-state index in [1.807, 2.05) is 24.3 Å². The Bertz CT molecular complexity index is 973. The van der Waals surface area contributed by atoms with Gasteiger partial charge in [0, 0.05) is 22.9 Å². The lowest BCUT2D eigenvalue weighted by Crippen LogP contribution is -2.00. The van der Waals surface area contributed by atoms with Crippen LogP contribution in [0.1, 0.15) is 104 Å². The molecule has 0 aliphatic heterocycles. The molecule has 0 N–H and O–H groups in total. The summed E-state index contributed by atoms with van der Waals surface area (Å²) in [5.74, 6) is 1.42. The maximum atomic E-state index is 5.93. The van der Waals surface area contributed by atoms with Gasteiger partial charge in [0.2, 0.25) is 11.8 Å². The average Bonchev–Trinajstić information content (AvgIpc) is 2.87. The van der Waals surface area contributed by atoms with Crippen LogP contribution >= 0.6 is 0 Å². The minimum Gasteiger partial charge on any atom is -0.478 e. The molecular weight excluding hydrogens is 420 g/mol. The molecule has 0 saturated heterocycles. The van der Waals surface area contributed by atoms with E-state index in [1.54, 1.807) is 0 Å². The van der Waals surface area contributed by atoms with Gasteiger partial charge in [0.1, 0.15) is 0 Å². The fourth-order valence-corrected chi connectivity index (χ4v) is 4.41. The second-order valence-corrected chi connectivity index (χ2v) is 9.44. The third-order valence-corrected chi connectivity index (χ3v) is 6.48. The third-order valence-electron chi connectivity index (χ3n) is 6.48. The number of unbranched alkanes of at least 4 members (excludes halogenated alkanes) is 12. The largest absolute Gasteiger partial charge is 0.478 e. The molecule has 0 aliphatic carbocycles. The van der Waals surface area contributed by atoms with E-state index in [0.29, 0.717) is 11.8 Å². The molecule has 4 nitrogen and oxygen atoms in total. The SMILES string of the molecule is CCCCCCCCCCOc1ccc2c(ccc3nc(OCCCCCCCC)ccc32)n1. The van der Waals surface area contributed by atoms with E-state index in [2.05, 4.69) is 26.0 Å². The predicted octanol–water partition coefficient (Wildman–Crippen LogP) is 9.04. The first-order valence-electron chi connectivity index (χ1n) is 13.8. The number of aromatic nitrogens is 2. The highest BCUT2D eigenvalue weighted by atomic mass is 16.5. The van der Waals surface area contributed by atoms with Crippen molar-refractivity contribution >= 4 is 21.8 Å².